The number of rotatable bonds is 12. The van der Waals surface area contributed by atoms with Crippen molar-refractivity contribution in [3.05, 3.63) is 64.3 Å². The SMILES string of the molecule is COc1cc(OC)c2c(=O)c(OCC(=O)Nc3nnc(-c4cccc(C(C)C)c4)o3)c(-c3cc(OC)c(OC)c(OC)c3)oc2c1. The number of nitrogens with one attached hydrogen (secondary N) is 1. The van der Waals surface area contributed by atoms with Crippen molar-refractivity contribution in [2.75, 3.05) is 47.5 Å². The van der Waals surface area contributed by atoms with Crippen LogP contribution in [0.2, 0.25) is 0 Å². The summed E-state index contributed by atoms with van der Waals surface area (Å²) >= 11 is 0. The van der Waals surface area contributed by atoms with E-state index in [9.17, 15) is 9.59 Å². The Hall–Kier alpha value is -5.72. The zero-order chi connectivity index (χ0) is 33.0. The largest absolute Gasteiger partial charge is 0.496 e. The first-order valence-electron chi connectivity index (χ1n) is 14.1. The van der Waals surface area contributed by atoms with Gasteiger partial charge in [-0.3, -0.25) is 14.9 Å². The van der Waals surface area contributed by atoms with Gasteiger partial charge in [0.25, 0.3) is 5.91 Å². The second kappa shape index (κ2) is 13.5. The Labute approximate surface area is 263 Å². The number of anilines is 1. The average molecular weight is 632 g/mol. The van der Waals surface area contributed by atoms with Crippen LogP contribution in [0.1, 0.15) is 25.3 Å². The average Bonchev–Trinajstić information content (AvgIpc) is 3.54. The summed E-state index contributed by atoms with van der Waals surface area (Å²) in [5.74, 6) is 1.12. The molecule has 0 spiro atoms. The van der Waals surface area contributed by atoms with Crippen LogP contribution < -0.4 is 39.2 Å². The lowest BCUT2D eigenvalue weighted by Crippen LogP contribution is -2.23. The molecular formula is C33H33N3O10. The van der Waals surface area contributed by atoms with E-state index in [0.29, 0.717) is 40.0 Å². The Morgan fingerprint density at radius 2 is 1.52 bits per heavy atom. The van der Waals surface area contributed by atoms with E-state index in [2.05, 4.69) is 29.4 Å². The van der Waals surface area contributed by atoms with Crippen LogP contribution in [0.25, 0.3) is 33.7 Å². The Morgan fingerprint density at radius 3 is 2.15 bits per heavy atom. The van der Waals surface area contributed by atoms with Crippen LogP contribution in [0.3, 0.4) is 0 Å². The molecule has 13 nitrogen and oxygen atoms in total. The molecule has 0 atom stereocenters. The number of benzene rings is 3. The van der Waals surface area contributed by atoms with E-state index < -0.39 is 17.9 Å². The molecule has 5 aromatic rings. The third-order valence-corrected chi connectivity index (χ3v) is 7.09. The van der Waals surface area contributed by atoms with Gasteiger partial charge < -0.3 is 37.3 Å². The smallest absolute Gasteiger partial charge is 0.322 e. The molecule has 1 amide bonds. The Morgan fingerprint density at radius 1 is 0.804 bits per heavy atom. The van der Waals surface area contributed by atoms with Crippen molar-refractivity contribution in [1.82, 2.24) is 10.2 Å². The van der Waals surface area contributed by atoms with Gasteiger partial charge in [-0.05, 0) is 35.7 Å². The minimum Gasteiger partial charge on any atom is -0.496 e. The highest BCUT2D eigenvalue weighted by molar-refractivity contribution is 5.91. The first-order valence-corrected chi connectivity index (χ1v) is 14.1. The topological polar surface area (TPSA) is 154 Å². The third-order valence-electron chi connectivity index (χ3n) is 7.09. The predicted octanol–water partition coefficient (Wildman–Crippen LogP) is 5.69. The molecule has 0 aliphatic rings. The number of ether oxygens (including phenoxy) is 6. The summed E-state index contributed by atoms with van der Waals surface area (Å²) in [6, 6.07) is 13.8. The van der Waals surface area contributed by atoms with E-state index in [1.165, 1.54) is 35.5 Å². The number of aromatic nitrogens is 2. The molecule has 1 N–H and O–H groups in total. The standard InChI is InChI=1S/C33H33N3O10/c1-17(2)18-9-8-10-19(11-18)32-35-36-33(46-32)34-26(37)16-44-31-28(38)27-22(40-4)14-21(39-3)15-23(27)45-29(31)20-12-24(41-5)30(43-7)25(13-20)42-6/h8-15,17H,16H2,1-7H3,(H,34,36,37). The van der Waals surface area contributed by atoms with Crippen molar-refractivity contribution in [2.45, 2.75) is 19.8 Å². The third kappa shape index (κ3) is 6.25. The van der Waals surface area contributed by atoms with Crippen molar-refractivity contribution < 1.29 is 42.1 Å². The van der Waals surface area contributed by atoms with Gasteiger partial charge in [0, 0.05) is 23.3 Å². The number of nitrogens with zero attached hydrogens (tertiary/aromatic N) is 2. The number of fused-ring (bicyclic) bond motifs is 1. The van der Waals surface area contributed by atoms with E-state index >= 15 is 0 Å². The molecule has 0 saturated heterocycles. The number of carbonyl (C=O) groups excluding carboxylic acids is 1. The highest BCUT2D eigenvalue weighted by atomic mass is 16.5. The quantitative estimate of drug-likeness (QED) is 0.180. The molecule has 3 aromatic carbocycles. The summed E-state index contributed by atoms with van der Waals surface area (Å²) in [5, 5.41) is 10.6. The normalized spacial score (nSPS) is 11.0. The second-order valence-electron chi connectivity index (χ2n) is 10.2. The molecule has 2 heterocycles. The number of methoxy groups -OCH3 is 5. The summed E-state index contributed by atoms with van der Waals surface area (Å²) < 4.78 is 45.0. The molecule has 0 fully saturated rings. The highest BCUT2D eigenvalue weighted by Gasteiger charge is 2.25. The summed E-state index contributed by atoms with van der Waals surface area (Å²) in [6.45, 7) is 3.55. The zero-order valence-electron chi connectivity index (χ0n) is 26.4. The fourth-order valence-electron chi connectivity index (χ4n) is 4.77. The maximum atomic E-state index is 14.0. The molecule has 0 bridgehead atoms. The Bertz CT molecular complexity index is 1920. The number of amides is 1. The lowest BCUT2D eigenvalue weighted by Gasteiger charge is -2.16. The Balaban J connectivity index is 1.51. The van der Waals surface area contributed by atoms with Crippen LogP contribution in [0.4, 0.5) is 6.01 Å². The van der Waals surface area contributed by atoms with Crippen LogP contribution in [-0.4, -0.2) is 58.3 Å². The summed E-state index contributed by atoms with van der Waals surface area (Å²) in [5.41, 5.74) is 1.71. The van der Waals surface area contributed by atoms with E-state index in [0.717, 1.165) is 5.56 Å². The maximum absolute atomic E-state index is 14.0. The molecule has 0 aliphatic heterocycles. The van der Waals surface area contributed by atoms with Crippen molar-refractivity contribution >= 4 is 22.9 Å². The van der Waals surface area contributed by atoms with Gasteiger partial charge in [0.1, 0.15) is 22.5 Å². The van der Waals surface area contributed by atoms with Crippen LogP contribution in [0.15, 0.2) is 62.2 Å². The monoisotopic (exact) mass is 631 g/mol. The van der Waals surface area contributed by atoms with Gasteiger partial charge in [0.2, 0.25) is 22.8 Å². The number of hydrogen-bond acceptors (Lipinski definition) is 12. The molecule has 46 heavy (non-hydrogen) atoms. The predicted molar refractivity (Wildman–Crippen MR) is 169 cm³/mol. The van der Waals surface area contributed by atoms with Gasteiger partial charge in [-0.25, -0.2) is 0 Å². The maximum Gasteiger partial charge on any atom is 0.322 e. The van der Waals surface area contributed by atoms with Crippen molar-refractivity contribution in [1.29, 1.82) is 0 Å². The molecule has 0 radical (unpaired) electrons. The molecule has 240 valence electrons. The van der Waals surface area contributed by atoms with Gasteiger partial charge in [-0.1, -0.05) is 31.1 Å². The first-order chi connectivity index (χ1) is 22.2. The van der Waals surface area contributed by atoms with E-state index in [4.69, 9.17) is 37.3 Å². The van der Waals surface area contributed by atoms with Crippen molar-refractivity contribution in [2.24, 2.45) is 0 Å². The molecule has 0 aliphatic carbocycles. The minimum absolute atomic E-state index is 0.00929. The molecular weight excluding hydrogens is 598 g/mol. The number of hydrogen-bond donors (Lipinski definition) is 1. The van der Waals surface area contributed by atoms with Gasteiger partial charge in [-0.2, -0.15) is 0 Å². The lowest BCUT2D eigenvalue weighted by atomic mass is 10.0. The molecule has 5 rings (SSSR count). The summed E-state index contributed by atoms with van der Waals surface area (Å²) in [4.78, 5) is 27.0. The first kappa shape index (κ1) is 31.7. The van der Waals surface area contributed by atoms with Gasteiger partial charge in [0.05, 0.1) is 35.5 Å². The van der Waals surface area contributed by atoms with Crippen molar-refractivity contribution in [3.8, 4) is 57.3 Å². The molecule has 13 heteroatoms. The van der Waals surface area contributed by atoms with Crippen molar-refractivity contribution in [3.63, 3.8) is 0 Å². The highest BCUT2D eigenvalue weighted by Crippen LogP contribution is 2.44. The number of carbonyl (C=O) groups is 1. The van der Waals surface area contributed by atoms with Gasteiger partial charge >= 0.3 is 6.01 Å². The van der Waals surface area contributed by atoms with E-state index in [1.807, 2.05) is 24.3 Å². The van der Waals surface area contributed by atoms with Gasteiger partial charge in [-0.15, -0.1) is 5.10 Å². The fraction of sp³-hybridized carbons (Fsp3) is 0.273. The van der Waals surface area contributed by atoms with E-state index in [-0.39, 0.29) is 40.1 Å². The summed E-state index contributed by atoms with van der Waals surface area (Å²) in [6.07, 6.45) is 0. The zero-order valence-corrected chi connectivity index (χ0v) is 26.4. The minimum atomic E-state index is -0.664. The van der Waals surface area contributed by atoms with Crippen LogP contribution in [0, 0.1) is 0 Å². The lowest BCUT2D eigenvalue weighted by molar-refractivity contribution is -0.118. The molecule has 2 aromatic heterocycles. The van der Waals surface area contributed by atoms with E-state index in [1.54, 1.807) is 24.3 Å². The fourth-order valence-corrected chi connectivity index (χ4v) is 4.77. The molecule has 0 saturated carbocycles. The molecule has 0 unspecified atom stereocenters. The second-order valence-corrected chi connectivity index (χ2v) is 10.2. The van der Waals surface area contributed by atoms with Gasteiger partial charge in [0.15, 0.2) is 23.9 Å². The van der Waals surface area contributed by atoms with Crippen LogP contribution in [0.5, 0.6) is 34.5 Å². The van der Waals surface area contributed by atoms with Crippen LogP contribution in [-0.2, 0) is 4.79 Å². The van der Waals surface area contributed by atoms with Crippen LogP contribution >= 0.6 is 0 Å². The summed E-state index contributed by atoms with van der Waals surface area (Å²) in [7, 11) is 7.27. The Kier molecular flexibility index (Phi) is 9.31.